The zero-order chi connectivity index (χ0) is 18.9. The molecule has 144 valence electrons. The molecule has 2 aliphatic heterocycles. The van der Waals surface area contributed by atoms with Gasteiger partial charge in [0.25, 0.3) is 0 Å². The average molecular weight is 377 g/mol. The van der Waals surface area contributed by atoms with Gasteiger partial charge in [-0.1, -0.05) is 6.07 Å². The van der Waals surface area contributed by atoms with Crippen LogP contribution in [0.5, 0.6) is 0 Å². The van der Waals surface area contributed by atoms with Gasteiger partial charge in [-0.3, -0.25) is 4.90 Å². The lowest BCUT2D eigenvalue weighted by Gasteiger charge is -2.32. The zero-order valence-corrected chi connectivity index (χ0v) is 15.0. The number of rotatable bonds is 3. The van der Waals surface area contributed by atoms with Crippen LogP contribution in [0.15, 0.2) is 24.5 Å². The molecule has 0 atom stereocenters. The molecule has 4 heterocycles. The highest BCUT2D eigenvalue weighted by Gasteiger charge is 2.35. The van der Waals surface area contributed by atoms with E-state index in [1.54, 1.807) is 0 Å². The lowest BCUT2D eigenvalue weighted by molar-refractivity contribution is -0.145. The van der Waals surface area contributed by atoms with Crippen LogP contribution in [-0.2, 0) is 25.7 Å². The number of anilines is 1. The van der Waals surface area contributed by atoms with Gasteiger partial charge in [-0.05, 0) is 25.3 Å². The predicted octanol–water partition coefficient (Wildman–Crippen LogP) is 3.44. The maximum absolute atomic E-state index is 12.8. The Balaban J connectivity index is 1.49. The Labute approximate surface area is 156 Å². The van der Waals surface area contributed by atoms with Gasteiger partial charge >= 0.3 is 6.18 Å². The minimum Gasteiger partial charge on any atom is -0.356 e. The van der Waals surface area contributed by atoms with Crippen LogP contribution in [-0.4, -0.2) is 39.5 Å². The summed E-state index contributed by atoms with van der Waals surface area (Å²) in [5.41, 5.74) is 2.45. The standard InChI is InChI=1S/C19H22F3N5/c20-19(21,22)18-24-11-15-13-26(10-6-16(15)25-18)12-14-5-4-7-23-17(14)27-8-2-1-3-9-27/h4-5,7,11H,1-3,6,8-10,12-13H2. The first-order chi connectivity index (χ1) is 13.0. The molecule has 0 unspecified atom stereocenters. The molecule has 0 N–H and O–H groups in total. The van der Waals surface area contributed by atoms with Gasteiger partial charge in [-0.25, -0.2) is 15.0 Å². The third-order valence-corrected chi connectivity index (χ3v) is 5.18. The number of hydrogen-bond donors (Lipinski definition) is 0. The fraction of sp³-hybridized carbons (Fsp3) is 0.526. The minimum absolute atomic E-state index is 0.500. The number of aromatic nitrogens is 3. The highest BCUT2D eigenvalue weighted by Crippen LogP contribution is 2.29. The third kappa shape index (κ3) is 4.05. The van der Waals surface area contributed by atoms with Crippen LogP contribution < -0.4 is 4.90 Å². The molecule has 1 fully saturated rings. The van der Waals surface area contributed by atoms with Crippen molar-refractivity contribution >= 4 is 5.82 Å². The maximum Gasteiger partial charge on any atom is 0.451 e. The molecule has 8 heteroatoms. The van der Waals surface area contributed by atoms with Gasteiger partial charge < -0.3 is 4.90 Å². The second-order valence-corrected chi connectivity index (χ2v) is 7.16. The van der Waals surface area contributed by atoms with E-state index < -0.39 is 12.0 Å². The van der Waals surface area contributed by atoms with E-state index in [9.17, 15) is 13.2 Å². The Hall–Kier alpha value is -2.22. The molecule has 2 aliphatic rings. The number of hydrogen-bond acceptors (Lipinski definition) is 5. The lowest BCUT2D eigenvalue weighted by atomic mass is 10.1. The Bertz CT molecular complexity index is 802. The van der Waals surface area contributed by atoms with Crippen molar-refractivity contribution in [3.63, 3.8) is 0 Å². The molecule has 0 aliphatic carbocycles. The van der Waals surface area contributed by atoms with E-state index in [0.29, 0.717) is 25.2 Å². The largest absolute Gasteiger partial charge is 0.451 e. The van der Waals surface area contributed by atoms with E-state index in [1.807, 2.05) is 12.3 Å². The van der Waals surface area contributed by atoms with Gasteiger partial charge in [-0.2, -0.15) is 13.2 Å². The van der Waals surface area contributed by atoms with Crippen molar-refractivity contribution in [2.24, 2.45) is 0 Å². The third-order valence-electron chi connectivity index (χ3n) is 5.18. The summed E-state index contributed by atoms with van der Waals surface area (Å²) in [6, 6.07) is 4.04. The molecular weight excluding hydrogens is 355 g/mol. The van der Waals surface area contributed by atoms with Crippen molar-refractivity contribution in [3.8, 4) is 0 Å². The fourth-order valence-electron chi connectivity index (χ4n) is 3.83. The first-order valence-electron chi connectivity index (χ1n) is 9.34. The summed E-state index contributed by atoms with van der Waals surface area (Å²) in [6.45, 7) is 4.01. The van der Waals surface area contributed by atoms with Crippen molar-refractivity contribution in [2.45, 2.75) is 44.9 Å². The molecule has 0 saturated carbocycles. The molecule has 2 aromatic heterocycles. The van der Waals surface area contributed by atoms with Crippen molar-refractivity contribution < 1.29 is 13.2 Å². The van der Waals surface area contributed by atoms with Crippen molar-refractivity contribution in [1.29, 1.82) is 0 Å². The second kappa shape index (κ2) is 7.42. The lowest BCUT2D eigenvalue weighted by Crippen LogP contribution is -2.34. The Morgan fingerprint density at radius 3 is 2.63 bits per heavy atom. The molecule has 1 saturated heterocycles. The maximum atomic E-state index is 12.8. The van der Waals surface area contributed by atoms with Crippen LogP contribution in [0, 0.1) is 0 Å². The molecule has 0 bridgehead atoms. The van der Waals surface area contributed by atoms with E-state index >= 15 is 0 Å². The van der Waals surface area contributed by atoms with Crippen LogP contribution in [0.3, 0.4) is 0 Å². The normalized spacial score (nSPS) is 18.4. The van der Waals surface area contributed by atoms with Crippen LogP contribution >= 0.6 is 0 Å². The van der Waals surface area contributed by atoms with E-state index in [2.05, 4.69) is 30.8 Å². The quantitative estimate of drug-likeness (QED) is 0.820. The van der Waals surface area contributed by atoms with Crippen LogP contribution in [0.1, 0.15) is 41.9 Å². The van der Waals surface area contributed by atoms with E-state index in [-0.39, 0.29) is 0 Å². The number of pyridine rings is 1. The number of piperidine rings is 1. The molecular formula is C19H22F3N5. The summed E-state index contributed by atoms with van der Waals surface area (Å²) in [5, 5.41) is 0. The minimum atomic E-state index is -4.49. The second-order valence-electron chi connectivity index (χ2n) is 7.16. The van der Waals surface area contributed by atoms with E-state index in [0.717, 1.165) is 36.6 Å². The van der Waals surface area contributed by atoms with Crippen LogP contribution in [0.2, 0.25) is 0 Å². The van der Waals surface area contributed by atoms with Crippen molar-refractivity contribution in [2.75, 3.05) is 24.5 Å². The molecule has 4 rings (SSSR count). The highest BCUT2D eigenvalue weighted by molar-refractivity contribution is 5.47. The topological polar surface area (TPSA) is 45.2 Å². The summed E-state index contributed by atoms with van der Waals surface area (Å²) in [4.78, 5) is 16.4. The number of halogens is 3. The van der Waals surface area contributed by atoms with Gasteiger partial charge in [0.15, 0.2) is 0 Å². The zero-order valence-electron chi connectivity index (χ0n) is 15.0. The average Bonchev–Trinajstić information content (AvgIpc) is 2.68. The summed E-state index contributed by atoms with van der Waals surface area (Å²) in [7, 11) is 0. The van der Waals surface area contributed by atoms with Crippen molar-refractivity contribution in [3.05, 3.63) is 47.2 Å². The Morgan fingerprint density at radius 1 is 1.04 bits per heavy atom. The fourth-order valence-corrected chi connectivity index (χ4v) is 3.83. The number of alkyl halides is 3. The molecule has 0 aromatic carbocycles. The molecule has 2 aromatic rings. The smallest absolute Gasteiger partial charge is 0.356 e. The number of fused-ring (bicyclic) bond motifs is 1. The SMILES string of the molecule is FC(F)(F)c1ncc2c(n1)CCN(Cc1cccnc1N1CCCCC1)C2. The Kier molecular flexibility index (Phi) is 4.99. The first kappa shape index (κ1) is 18.2. The van der Waals surface area contributed by atoms with Gasteiger partial charge in [0, 0.05) is 62.7 Å². The van der Waals surface area contributed by atoms with Gasteiger partial charge in [-0.15, -0.1) is 0 Å². The molecule has 0 spiro atoms. The van der Waals surface area contributed by atoms with Gasteiger partial charge in [0.2, 0.25) is 5.82 Å². The molecule has 0 radical (unpaired) electrons. The summed E-state index contributed by atoms with van der Waals surface area (Å²) >= 11 is 0. The molecule has 5 nitrogen and oxygen atoms in total. The van der Waals surface area contributed by atoms with Crippen LogP contribution in [0.4, 0.5) is 19.0 Å². The van der Waals surface area contributed by atoms with Gasteiger partial charge in [0.1, 0.15) is 5.82 Å². The predicted molar refractivity (Wildman–Crippen MR) is 95.2 cm³/mol. The molecule has 27 heavy (non-hydrogen) atoms. The van der Waals surface area contributed by atoms with Crippen molar-refractivity contribution in [1.82, 2.24) is 19.9 Å². The summed E-state index contributed by atoms with van der Waals surface area (Å²) in [5.74, 6) is -0.0130. The Morgan fingerprint density at radius 2 is 1.85 bits per heavy atom. The number of nitrogens with zero attached hydrogens (tertiary/aromatic N) is 5. The molecule has 0 amide bonds. The van der Waals surface area contributed by atoms with E-state index in [4.69, 9.17) is 0 Å². The monoisotopic (exact) mass is 377 g/mol. The summed E-state index contributed by atoms with van der Waals surface area (Å²) < 4.78 is 38.4. The van der Waals surface area contributed by atoms with E-state index in [1.165, 1.54) is 25.5 Å². The van der Waals surface area contributed by atoms with Gasteiger partial charge in [0.05, 0.1) is 5.69 Å². The van der Waals surface area contributed by atoms with Crippen LogP contribution in [0.25, 0.3) is 0 Å². The highest BCUT2D eigenvalue weighted by atomic mass is 19.4. The first-order valence-corrected chi connectivity index (χ1v) is 9.34. The summed E-state index contributed by atoms with van der Waals surface area (Å²) in [6.07, 6.45) is 2.79.